The van der Waals surface area contributed by atoms with E-state index in [0.717, 1.165) is 5.75 Å². The summed E-state index contributed by atoms with van der Waals surface area (Å²) in [6, 6.07) is 6.57. The van der Waals surface area contributed by atoms with Gasteiger partial charge in [-0.15, -0.1) is 0 Å². The van der Waals surface area contributed by atoms with Crippen LogP contribution in [0.1, 0.15) is 1.43 Å². The molecule has 0 bridgehead atoms. The topological polar surface area (TPSA) is 29.5 Å². The minimum absolute atomic E-state index is 0. The second-order valence-corrected chi connectivity index (χ2v) is 1.70. The molecule has 0 unspecified atom stereocenters. The summed E-state index contributed by atoms with van der Waals surface area (Å²) in [6.45, 7) is 0. The summed E-state index contributed by atoms with van der Waals surface area (Å²) in [7, 11) is 1.59. The zero-order valence-electron chi connectivity index (χ0n) is 7.16. The fourth-order valence-corrected chi connectivity index (χ4v) is 0.582. The predicted molar refractivity (Wildman–Crippen MR) is 35.8 cm³/mol. The van der Waals surface area contributed by atoms with Gasteiger partial charge in [0.15, 0.2) is 0 Å². The largest absolute Gasteiger partial charge is 1.00 e. The van der Waals surface area contributed by atoms with Crippen molar-refractivity contribution in [1.82, 2.24) is 0 Å². The average Bonchev–Trinajstić information content (AvgIpc) is 1.90. The van der Waals surface area contributed by atoms with E-state index in [0.29, 0.717) is 0 Å². The van der Waals surface area contributed by atoms with Crippen LogP contribution in [0.15, 0.2) is 24.3 Å². The van der Waals surface area contributed by atoms with Gasteiger partial charge in [0.2, 0.25) is 0 Å². The normalized spacial score (nSPS) is 8.10. The summed E-state index contributed by atoms with van der Waals surface area (Å²) < 4.78 is 4.86. The van der Waals surface area contributed by atoms with Gasteiger partial charge < -0.3 is 11.3 Å². The first-order valence-electron chi connectivity index (χ1n) is 2.66. The molecule has 0 saturated heterocycles. The molecule has 0 fully saturated rings. The van der Waals surface area contributed by atoms with E-state index in [1.807, 2.05) is 0 Å². The van der Waals surface area contributed by atoms with Crippen LogP contribution >= 0.6 is 0 Å². The molecule has 1 aromatic rings. The molecular formula is C7H9LiO2. The monoisotopic (exact) mass is 132 g/mol. The second-order valence-electron chi connectivity index (χ2n) is 1.70. The predicted octanol–water partition coefficient (Wildman–Crippen LogP) is -1.48. The maximum absolute atomic E-state index is 8.80. The quantitative estimate of drug-likeness (QED) is 0.472. The molecule has 0 aliphatic heterocycles. The number of methoxy groups -OCH3 is 1. The summed E-state index contributed by atoms with van der Waals surface area (Å²) in [6.07, 6.45) is 0. The molecular weight excluding hydrogens is 123 g/mol. The molecule has 1 aromatic carbocycles. The molecule has 0 aliphatic carbocycles. The molecule has 0 spiro atoms. The molecule has 1 rings (SSSR count). The number of phenols is 1. The number of hydrogen-bond acceptors (Lipinski definition) is 2. The number of aromatic hydroxyl groups is 1. The van der Waals surface area contributed by atoms with Crippen LogP contribution in [0.3, 0.4) is 0 Å². The molecule has 0 amide bonds. The smallest absolute Gasteiger partial charge is 1.00 e. The van der Waals surface area contributed by atoms with Gasteiger partial charge in [0.1, 0.15) is 11.5 Å². The second kappa shape index (κ2) is 4.27. The van der Waals surface area contributed by atoms with Crippen LogP contribution in [0, 0.1) is 0 Å². The van der Waals surface area contributed by atoms with Crippen molar-refractivity contribution in [2.45, 2.75) is 0 Å². The molecule has 0 heterocycles. The van der Waals surface area contributed by atoms with Gasteiger partial charge in [-0.25, -0.2) is 0 Å². The van der Waals surface area contributed by atoms with Gasteiger partial charge in [-0.05, 0) is 24.3 Å². The van der Waals surface area contributed by atoms with Gasteiger partial charge in [0.25, 0.3) is 0 Å². The standard InChI is InChI=1S/C7H8O2.Li.H/c1-9-7-4-2-6(8)3-5-7;;/h2-5,8H,1H3;;/q;+1;-1. The molecule has 10 heavy (non-hydrogen) atoms. The van der Waals surface area contributed by atoms with Crippen molar-refractivity contribution in [3.63, 3.8) is 0 Å². The number of ether oxygens (including phenoxy) is 1. The maximum atomic E-state index is 8.80. The molecule has 0 atom stereocenters. The first kappa shape index (κ1) is 9.42. The fourth-order valence-electron chi connectivity index (χ4n) is 0.582. The van der Waals surface area contributed by atoms with Gasteiger partial charge >= 0.3 is 18.9 Å². The van der Waals surface area contributed by atoms with E-state index in [2.05, 4.69) is 0 Å². The number of benzene rings is 1. The zero-order valence-corrected chi connectivity index (χ0v) is 6.16. The Morgan fingerprint density at radius 3 is 2.20 bits per heavy atom. The Labute approximate surface area is 73.5 Å². The minimum Gasteiger partial charge on any atom is -1.00 e. The van der Waals surface area contributed by atoms with Gasteiger partial charge in [-0.3, -0.25) is 0 Å². The van der Waals surface area contributed by atoms with E-state index < -0.39 is 0 Å². The van der Waals surface area contributed by atoms with Crippen LogP contribution in [0.25, 0.3) is 0 Å². The maximum Gasteiger partial charge on any atom is 1.00 e. The van der Waals surface area contributed by atoms with Crippen molar-refractivity contribution < 1.29 is 30.1 Å². The molecule has 0 radical (unpaired) electrons. The van der Waals surface area contributed by atoms with Gasteiger partial charge in [0, 0.05) is 0 Å². The third-order valence-corrected chi connectivity index (χ3v) is 1.07. The third kappa shape index (κ3) is 2.34. The van der Waals surface area contributed by atoms with E-state index in [4.69, 9.17) is 9.84 Å². The van der Waals surface area contributed by atoms with Gasteiger partial charge in [0.05, 0.1) is 7.11 Å². The van der Waals surface area contributed by atoms with Gasteiger partial charge in [-0.2, -0.15) is 0 Å². The molecule has 3 heteroatoms. The Morgan fingerprint density at radius 2 is 1.80 bits per heavy atom. The van der Waals surface area contributed by atoms with E-state index in [1.165, 1.54) is 0 Å². The minimum atomic E-state index is 0. The summed E-state index contributed by atoms with van der Waals surface area (Å²) in [4.78, 5) is 0. The summed E-state index contributed by atoms with van der Waals surface area (Å²) in [5.74, 6) is 1.02. The van der Waals surface area contributed by atoms with Crippen molar-refractivity contribution in [3.05, 3.63) is 24.3 Å². The van der Waals surface area contributed by atoms with Crippen molar-refractivity contribution in [2.24, 2.45) is 0 Å². The van der Waals surface area contributed by atoms with Crippen molar-refractivity contribution in [3.8, 4) is 11.5 Å². The molecule has 2 nitrogen and oxygen atoms in total. The van der Waals surface area contributed by atoms with Gasteiger partial charge in [-0.1, -0.05) is 0 Å². The Hall–Kier alpha value is -0.583. The molecule has 50 valence electrons. The Bertz CT molecular complexity index is 188. The fraction of sp³-hybridized carbons (Fsp3) is 0.143. The van der Waals surface area contributed by atoms with Crippen molar-refractivity contribution in [1.29, 1.82) is 0 Å². The molecule has 1 N–H and O–H groups in total. The first-order chi connectivity index (χ1) is 4.33. The molecule has 0 aliphatic rings. The number of phenolic OH excluding ortho intramolecular Hbond substituents is 1. The Morgan fingerprint density at radius 1 is 1.30 bits per heavy atom. The van der Waals surface area contributed by atoms with Crippen LogP contribution in [0.2, 0.25) is 0 Å². The Kier molecular flexibility index (Phi) is 4.02. The van der Waals surface area contributed by atoms with Crippen molar-refractivity contribution >= 4 is 0 Å². The molecule has 0 saturated carbocycles. The number of hydrogen-bond donors (Lipinski definition) is 1. The summed E-state index contributed by atoms with van der Waals surface area (Å²) in [5.41, 5.74) is 0. The average molecular weight is 132 g/mol. The first-order valence-corrected chi connectivity index (χ1v) is 2.66. The van der Waals surface area contributed by atoms with Crippen molar-refractivity contribution in [2.75, 3.05) is 7.11 Å². The van der Waals surface area contributed by atoms with E-state index in [9.17, 15) is 0 Å². The summed E-state index contributed by atoms with van der Waals surface area (Å²) in [5, 5.41) is 8.80. The summed E-state index contributed by atoms with van der Waals surface area (Å²) >= 11 is 0. The SMILES string of the molecule is COc1ccc(O)cc1.[H-].[Li+]. The van der Waals surface area contributed by atoms with E-state index >= 15 is 0 Å². The number of rotatable bonds is 1. The van der Waals surface area contributed by atoms with Crippen LogP contribution in [0.4, 0.5) is 0 Å². The Balaban J connectivity index is 0. The van der Waals surface area contributed by atoms with Crippen LogP contribution in [-0.4, -0.2) is 12.2 Å². The molecule has 0 aromatic heterocycles. The zero-order chi connectivity index (χ0) is 6.69. The van der Waals surface area contributed by atoms with Crippen LogP contribution in [0.5, 0.6) is 11.5 Å². The third-order valence-electron chi connectivity index (χ3n) is 1.07. The van der Waals surface area contributed by atoms with E-state index in [1.54, 1.807) is 31.4 Å². The van der Waals surface area contributed by atoms with E-state index in [-0.39, 0.29) is 26.0 Å². The van der Waals surface area contributed by atoms with Crippen LogP contribution < -0.4 is 23.6 Å². The van der Waals surface area contributed by atoms with Crippen LogP contribution in [-0.2, 0) is 0 Å².